The van der Waals surface area contributed by atoms with Crippen molar-refractivity contribution >= 4 is 33.9 Å². The van der Waals surface area contributed by atoms with E-state index in [0.29, 0.717) is 24.3 Å². The lowest BCUT2D eigenvalue weighted by Crippen LogP contribution is -2.22. The van der Waals surface area contributed by atoms with Crippen LogP contribution in [0.1, 0.15) is 77.1 Å². The summed E-state index contributed by atoms with van der Waals surface area (Å²) in [6, 6.07) is 14.0. The number of aryl methyl sites for hydroxylation is 1. The van der Waals surface area contributed by atoms with Crippen molar-refractivity contribution in [2.24, 2.45) is 5.92 Å². The summed E-state index contributed by atoms with van der Waals surface area (Å²) in [6.07, 6.45) is 7.00. The van der Waals surface area contributed by atoms with Crippen molar-refractivity contribution in [3.8, 4) is 11.5 Å². The second-order valence-corrected chi connectivity index (χ2v) is 10.4. The monoisotopic (exact) mass is 471 g/mol. The Bertz CT molecular complexity index is 1340. The quantitative estimate of drug-likeness (QED) is 0.271. The zero-order valence-corrected chi connectivity index (χ0v) is 20.5. The fraction of sp³-hybridized carbons (Fsp3) is 0.357. The van der Waals surface area contributed by atoms with Gasteiger partial charge >= 0.3 is 0 Å². The first-order chi connectivity index (χ1) is 16.5. The number of benzene rings is 1. The number of hydrogen-bond donors (Lipinski definition) is 0. The molecule has 3 aromatic heterocycles. The molecule has 1 aliphatic rings. The van der Waals surface area contributed by atoms with Crippen molar-refractivity contribution in [1.82, 2.24) is 14.5 Å². The average molecular weight is 472 g/mol. The third-order valence-electron chi connectivity index (χ3n) is 6.87. The molecule has 0 amide bonds. The van der Waals surface area contributed by atoms with E-state index in [1.165, 1.54) is 4.88 Å². The van der Waals surface area contributed by atoms with E-state index >= 15 is 0 Å². The highest BCUT2D eigenvalue weighted by molar-refractivity contribution is 7.10. The molecule has 1 fully saturated rings. The second kappa shape index (κ2) is 9.63. The number of imidazole rings is 1. The lowest BCUT2D eigenvalue weighted by molar-refractivity contribution is 0.0941. The number of carbonyl (C=O) groups is 2. The van der Waals surface area contributed by atoms with Crippen LogP contribution in [0.2, 0.25) is 0 Å². The lowest BCUT2D eigenvalue weighted by atomic mass is 9.82. The van der Waals surface area contributed by atoms with Gasteiger partial charge in [0, 0.05) is 46.5 Å². The molecular formula is C28H29N3O2S. The van der Waals surface area contributed by atoms with E-state index in [9.17, 15) is 9.59 Å². The summed E-state index contributed by atoms with van der Waals surface area (Å²) in [5.41, 5.74) is 4.23. The van der Waals surface area contributed by atoms with E-state index < -0.39 is 0 Å². The van der Waals surface area contributed by atoms with Gasteiger partial charge in [0.1, 0.15) is 5.69 Å². The van der Waals surface area contributed by atoms with Crippen molar-refractivity contribution in [2.75, 3.05) is 0 Å². The van der Waals surface area contributed by atoms with Crippen LogP contribution in [0.5, 0.6) is 0 Å². The van der Waals surface area contributed by atoms with Gasteiger partial charge in [-0.3, -0.25) is 14.6 Å². The van der Waals surface area contributed by atoms with Crippen LogP contribution in [0.4, 0.5) is 0 Å². The molecule has 1 aromatic carbocycles. The summed E-state index contributed by atoms with van der Waals surface area (Å²) in [5, 5.41) is 1.98. The second-order valence-electron chi connectivity index (χ2n) is 9.26. The average Bonchev–Trinajstić information content (AvgIpc) is 3.47. The standard InChI is InChI=1S/C28H29N3O2S/c1-3-26(32)20-10-11-25-24(16-20)30-28(23-9-4-5-12-29-23)31(25)22-8-6-7-19(14-22)15-27(33)21-13-18(2)34-17-21/h4-5,9-13,16-17,19,22H,3,6-8,14-15H2,1-2H3/t19-,22+/m0/s1. The molecule has 5 rings (SSSR count). The van der Waals surface area contributed by atoms with E-state index in [-0.39, 0.29) is 17.6 Å². The summed E-state index contributed by atoms with van der Waals surface area (Å²) >= 11 is 1.63. The van der Waals surface area contributed by atoms with Crippen molar-refractivity contribution in [2.45, 2.75) is 58.4 Å². The number of ketones is 2. The largest absolute Gasteiger partial charge is 0.320 e. The summed E-state index contributed by atoms with van der Waals surface area (Å²) in [5.74, 6) is 1.55. The third kappa shape index (κ3) is 4.47. The number of fused-ring (bicyclic) bond motifs is 1. The van der Waals surface area contributed by atoms with Gasteiger partial charge in [-0.25, -0.2) is 4.98 Å². The highest BCUT2D eigenvalue weighted by Crippen LogP contribution is 2.39. The molecule has 0 saturated heterocycles. The molecule has 0 bridgehead atoms. The Hall–Kier alpha value is -3.12. The van der Waals surface area contributed by atoms with Crippen LogP contribution in [0.3, 0.4) is 0 Å². The van der Waals surface area contributed by atoms with Gasteiger partial charge in [0.15, 0.2) is 17.4 Å². The minimum absolute atomic E-state index is 0.121. The summed E-state index contributed by atoms with van der Waals surface area (Å²) in [7, 11) is 0. The van der Waals surface area contributed by atoms with Gasteiger partial charge in [0.2, 0.25) is 0 Å². The summed E-state index contributed by atoms with van der Waals surface area (Å²) in [6.45, 7) is 3.92. The Balaban J connectivity index is 1.49. The highest BCUT2D eigenvalue weighted by Gasteiger charge is 2.29. The molecule has 1 aliphatic carbocycles. The number of aromatic nitrogens is 3. The molecular weight excluding hydrogens is 442 g/mol. The number of thiophene rings is 1. The molecule has 34 heavy (non-hydrogen) atoms. The molecule has 174 valence electrons. The number of hydrogen-bond acceptors (Lipinski definition) is 5. The van der Waals surface area contributed by atoms with Gasteiger partial charge in [-0.05, 0) is 68.5 Å². The van der Waals surface area contributed by atoms with Crippen LogP contribution in [0.15, 0.2) is 54.0 Å². The van der Waals surface area contributed by atoms with Crippen LogP contribution in [-0.2, 0) is 0 Å². The number of nitrogens with zero attached hydrogens (tertiary/aromatic N) is 3. The first kappa shape index (κ1) is 22.7. The summed E-state index contributed by atoms with van der Waals surface area (Å²) in [4.78, 5) is 35.9. The van der Waals surface area contributed by atoms with E-state index in [2.05, 4.69) is 9.55 Å². The molecule has 0 aliphatic heterocycles. The number of Topliss-reactive ketones (excluding diaryl/α,β-unsaturated/α-hetero) is 2. The normalized spacial score (nSPS) is 18.3. The maximum Gasteiger partial charge on any atom is 0.163 e. The number of pyridine rings is 1. The number of carbonyl (C=O) groups excluding carboxylic acids is 2. The molecule has 6 heteroatoms. The van der Waals surface area contributed by atoms with E-state index in [1.54, 1.807) is 17.5 Å². The van der Waals surface area contributed by atoms with Gasteiger partial charge in [-0.2, -0.15) is 0 Å². The van der Waals surface area contributed by atoms with Crippen LogP contribution in [0.25, 0.3) is 22.6 Å². The van der Waals surface area contributed by atoms with Gasteiger partial charge in [-0.1, -0.05) is 19.4 Å². The van der Waals surface area contributed by atoms with Gasteiger partial charge in [-0.15, -0.1) is 11.3 Å². The minimum Gasteiger partial charge on any atom is -0.320 e. The maximum absolute atomic E-state index is 12.9. The van der Waals surface area contributed by atoms with Crippen molar-refractivity contribution in [3.05, 3.63) is 70.0 Å². The molecule has 2 atom stereocenters. The molecule has 0 unspecified atom stereocenters. The fourth-order valence-corrected chi connectivity index (χ4v) is 5.88. The fourth-order valence-electron chi connectivity index (χ4n) is 5.17. The Morgan fingerprint density at radius 2 is 1.97 bits per heavy atom. The Labute approximate surface area is 203 Å². The lowest BCUT2D eigenvalue weighted by Gasteiger charge is -2.31. The minimum atomic E-state index is 0.121. The predicted molar refractivity (Wildman–Crippen MR) is 137 cm³/mol. The van der Waals surface area contributed by atoms with Crippen LogP contribution in [-0.4, -0.2) is 26.1 Å². The molecule has 4 aromatic rings. The predicted octanol–water partition coefficient (Wildman–Crippen LogP) is 7.07. The van der Waals surface area contributed by atoms with Crippen molar-refractivity contribution in [1.29, 1.82) is 0 Å². The topological polar surface area (TPSA) is 64.8 Å². The third-order valence-corrected chi connectivity index (χ3v) is 7.73. The van der Waals surface area contributed by atoms with Gasteiger partial charge in [0.25, 0.3) is 0 Å². The van der Waals surface area contributed by atoms with Gasteiger partial charge < -0.3 is 4.57 Å². The van der Waals surface area contributed by atoms with Crippen LogP contribution < -0.4 is 0 Å². The van der Waals surface area contributed by atoms with Crippen LogP contribution in [0, 0.1) is 12.8 Å². The smallest absolute Gasteiger partial charge is 0.163 e. The van der Waals surface area contributed by atoms with Gasteiger partial charge in [0.05, 0.1) is 11.0 Å². The SMILES string of the molecule is CCC(=O)c1ccc2c(c1)nc(-c1ccccn1)n2[C@@H]1CCC[C@H](CC(=O)c2csc(C)c2)C1. The van der Waals surface area contributed by atoms with E-state index in [4.69, 9.17) is 4.98 Å². The zero-order chi connectivity index (χ0) is 23.7. The number of rotatable bonds is 7. The van der Waals surface area contributed by atoms with Crippen molar-refractivity contribution in [3.63, 3.8) is 0 Å². The maximum atomic E-state index is 12.9. The molecule has 1 saturated carbocycles. The molecule has 5 nitrogen and oxygen atoms in total. The molecule has 0 N–H and O–H groups in total. The Kier molecular flexibility index (Phi) is 6.42. The first-order valence-corrected chi connectivity index (χ1v) is 13.0. The van der Waals surface area contributed by atoms with Crippen molar-refractivity contribution < 1.29 is 9.59 Å². The zero-order valence-electron chi connectivity index (χ0n) is 19.7. The Morgan fingerprint density at radius 3 is 2.71 bits per heavy atom. The van der Waals surface area contributed by atoms with Crippen LogP contribution >= 0.6 is 11.3 Å². The highest BCUT2D eigenvalue weighted by atomic mass is 32.1. The molecule has 0 radical (unpaired) electrons. The first-order valence-electron chi connectivity index (χ1n) is 12.1. The molecule has 0 spiro atoms. The van der Waals surface area contributed by atoms with E-state index in [1.807, 2.05) is 61.7 Å². The summed E-state index contributed by atoms with van der Waals surface area (Å²) < 4.78 is 2.31. The van der Waals surface area contributed by atoms with E-state index in [0.717, 1.165) is 53.8 Å². The molecule has 3 heterocycles. The Morgan fingerprint density at radius 1 is 1.09 bits per heavy atom.